The van der Waals surface area contributed by atoms with Crippen LogP contribution in [0.2, 0.25) is 0 Å². The highest BCUT2D eigenvalue weighted by molar-refractivity contribution is 7.89. The van der Waals surface area contributed by atoms with Crippen molar-refractivity contribution >= 4 is 27.3 Å². The molecule has 0 spiro atoms. The first-order valence-electron chi connectivity index (χ1n) is 10.7. The van der Waals surface area contributed by atoms with Crippen molar-refractivity contribution in [3.63, 3.8) is 0 Å². The lowest BCUT2D eigenvalue weighted by molar-refractivity contribution is 0.381. The minimum atomic E-state index is -3.24. The zero-order chi connectivity index (χ0) is 23.2. The van der Waals surface area contributed by atoms with E-state index in [4.69, 9.17) is 10.2 Å². The molecule has 33 heavy (non-hydrogen) atoms. The number of hydrogen-bond acceptors (Lipinski definition) is 8. The van der Waals surface area contributed by atoms with E-state index in [-0.39, 0.29) is 5.95 Å². The molecule has 4 aromatic rings. The van der Waals surface area contributed by atoms with Crippen LogP contribution in [-0.4, -0.2) is 63.7 Å². The lowest BCUT2D eigenvalue weighted by atomic mass is 10.1. The molecule has 172 valence electrons. The van der Waals surface area contributed by atoms with Gasteiger partial charge in [-0.3, -0.25) is 0 Å². The molecule has 10 nitrogen and oxygen atoms in total. The van der Waals surface area contributed by atoms with Crippen LogP contribution in [0.1, 0.15) is 13.8 Å². The summed E-state index contributed by atoms with van der Waals surface area (Å²) in [6.07, 6.45) is 1.57. The summed E-state index contributed by atoms with van der Waals surface area (Å²) in [5, 5.41) is 3.97. The van der Waals surface area contributed by atoms with Crippen LogP contribution in [-0.2, 0) is 10.0 Å². The van der Waals surface area contributed by atoms with E-state index in [1.165, 1.54) is 4.52 Å². The van der Waals surface area contributed by atoms with Crippen LogP contribution in [0.4, 0.5) is 11.6 Å². The average molecular weight is 468 g/mol. The number of piperazine rings is 1. The number of nitrogens with two attached hydrogens (primary N) is 1. The molecule has 0 amide bonds. The van der Waals surface area contributed by atoms with Crippen molar-refractivity contribution in [2.45, 2.75) is 19.1 Å². The Labute approximate surface area is 191 Å². The molecule has 1 saturated heterocycles. The minimum Gasteiger partial charge on any atom is -0.461 e. The van der Waals surface area contributed by atoms with Crippen molar-refractivity contribution in [1.82, 2.24) is 23.9 Å². The number of sulfonamides is 1. The van der Waals surface area contributed by atoms with Gasteiger partial charge >= 0.3 is 0 Å². The van der Waals surface area contributed by atoms with Gasteiger partial charge in [0, 0.05) is 43.5 Å². The third-order valence-corrected chi connectivity index (χ3v) is 8.07. The summed E-state index contributed by atoms with van der Waals surface area (Å²) >= 11 is 0. The Morgan fingerprint density at radius 3 is 2.52 bits per heavy atom. The molecule has 1 aliphatic heterocycles. The first-order chi connectivity index (χ1) is 15.8. The molecule has 0 unspecified atom stereocenters. The highest BCUT2D eigenvalue weighted by Crippen LogP contribution is 2.27. The zero-order valence-electron chi connectivity index (χ0n) is 18.4. The fraction of sp³-hybridized carbons (Fsp3) is 0.318. The molecule has 0 aliphatic carbocycles. The van der Waals surface area contributed by atoms with E-state index in [0.717, 1.165) is 11.3 Å². The molecule has 5 rings (SSSR count). The molecule has 3 aromatic heterocycles. The van der Waals surface area contributed by atoms with E-state index < -0.39 is 15.3 Å². The Hall–Kier alpha value is -3.44. The Morgan fingerprint density at radius 2 is 1.82 bits per heavy atom. The van der Waals surface area contributed by atoms with Crippen molar-refractivity contribution in [3.05, 3.63) is 48.7 Å². The van der Waals surface area contributed by atoms with E-state index in [2.05, 4.69) is 20.0 Å². The topological polar surface area (TPSA) is 123 Å². The Morgan fingerprint density at radius 1 is 1.03 bits per heavy atom. The molecule has 1 fully saturated rings. The van der Waals surface area contributed by atoms with Gasteiger partial charge in [-0.1, -0.05) is 12.1 Å². The van der Waals surface area contributed by atoms with E-state index >= 15 is 0 Å². The lowest BCUT2D eigenvalue weighted by Gasteiger charge is -2.36. The van der Waals surface area contributed by atoms with Crippen LogP contribution < -0.4 is 10.6 Å². The van der Waals surface area contributed by atoms with Gasteiger partial charge in [-0.15, -0.1) is 5.10 Å². The van der Waals surface area contributed by atoms with Gasteiger partial charge in [0.15, 0.2) is 11.4 Å². The minimum absolute atomic E-state index is 0.228. The Balaban J connectivity index is 1.40. The van der Waals surface area contributed by atoms with Gasteiger partial charge in [-0.2, -0.15) is 8.82 Å². The lowest BCUT2D eigenvalue weighted by Crippen LogP contribution is -2.50. The Kier molecular flexibility index (Phi) is 5.29. The largest absolute Gasteiger partial charge is 0.461 e. The van der Waals surface area contributed by atoms with Crippen molar-refractivity contribution in [2.75, 3.05) is 36.8 Å². The molecular formula is C22H25N7O3S. The smallest absolute Gasteiger partial charge is 0.223 e. The molecule has 4 heterocycles. The number of aromatic nitrogens is 4. The summed E-state index contributed by atoms with van der Waals surface area (Å²) in [6.45, 7) is 5.62. The average Bonchev–Trinajstić information content (AvgIpc) is 3.49. The van der Waals surface area contributed by atoms with E-state index in [9.17, 15) is 8.42 Å². The molecule has 2 N–H and O–H groups in total. The van der Waals surface area contributed by atoms with Gasteiger partial charge in [-0.05, 0) is 38.1 Å². The molecule has 0 bridgehead atoms. The maximum Gasteiger partial charge on any atom is 0.223 e. The van der Waals surface area contributed by atoms with Crippen molar-refractivity contribution in [2.24, 2.45) is 0 Å². The number of furan rings is 1. The van der Waals surface area contributed by atoms with Gasteiger partial charge < -0.3 is 15.1 Å². The maximum absolute atomic E-state index is 12.5. The van der Waals surface area contributed by atoms with Crippen LogP contribution in [0.25, 0.3) is 28.5 Å². The highest BCUT2D eigenvalue weighted by Gasteiger charge is 2.29. The van der Waals surface area contributed by atoms with Gasteiger partial charge in [-0.25, -0.2) is 18.4 Å². The summed E-state index contributed by atoms with van der Waals surface area (Å²) in [4.78, 5) is 11.2. The van der Waals surface area contributed by atoms with Gasteiger partial charge in [0.2, 0.25) is 21.8 Å². The second-order valence-electron chi connectivity index (χ2n) is 8.21. The molecular weight excluding hydrogens is 442 g/mol. The molecule has 0 saturated carbocycles. The fourth-order valence-corrected chi connectivity index (χ4v) is 5.20. The van der Waals surface area contributed by atoms with Crippen LogP contribution in [0.5, 0.6) is 0 Å². The summed E-state index contributed by atoms with van der Waals surface area (Å²) in [5.74, 6) is 1.22. The Bertz CT molecular complexity index is 1390. The SMILES string of the molecule is CC(C)S(=O)(=O)N1CCN(c2cccc(-c3cc4nc(-c5ccco5)nn4c(N)n3)c2)CC1. The van der Waals surface area contributed by atoms with E-state index in [1.807, 2.05) is 30.3 Å². The van der Waals surface area contributed by atoms with Crippen LogP contribution in [0.15, 0.2) is 53.1 Å². The summed E-state index contributed by atoms with van der Waals surface area (Å²) in [6, 6.07) is 13.4. The monoisotopic (exact) mass is 467 g/mol. The van der Waals surface area contributed by atoms with E-state index in [0.29, 0.717) is 49.1 Å². The fourth-order valence-electron chi connectivity index (χ4n) is 3.93. The van der Waals surface area contributed by atoms with E-state index in [1.54, 1.807) is 36.5 Å². The maximum atomic E-state index is 12.5. The first kappa shape index (κ1) is 21.4. The number of nitrogens with zero attached hydrogens (tertiary/aromatic N) is 6. The quantitative estimate of drug-likeness (QED) is 0.475. The molecule has 0 radical (unpaired) electrons. The van der Waals surface area contributed by atoms with Crippen LogP contribution >= 0.6 is 0 Å². The number of nitrogen functional groups attached to an aromatic ring is 1. The number of hydrogen-bond donors (Lipinski definition) is 1. The number of rotatable bonds is 5. The molecule has 1 aromatic carbocycles. The van der Waals surface area contributed by atoms with Crippen molar-refractivity contribution < 1.29 is 12.8 Å². The third kappa shape index (κ3) is 3.93. The molecule has 1 aliphatic rings. The summed E-state index contributed by atoms with van der Waals surface area (Å²) < 4.78 is 33.4. The number of benzene rings is 1. The van der Waals surface area contributed by atoms with Gasteiger partial charge in [0.25, 0.3) is 0 Å². The number of anilines is 2. The molecule has 11 heteroatoms. The second kappa shape index (κ2) is 8.16. The zero-order valence-corrected chi connectivity index (χ0v) is 19.2. The van der Waals surface area contributed by atoms with Gasteiger partial charge in [0.05, 0.1) is 17.2 Å². The highest BCUT2D eigenvalue weighted by atomic mass is 32.2. The summed E-state index contributed by atoms with van der Waals surface area (Å²) in [5.41, 5.74) is 9.32. The normalized spacial score (nSPS) is 15.5. The molecule has 0 atom stereocenters. The van der Waals surface area contributed by atoms with Crippen LogP contribution in [0.3, 0.4) is 0 Å². The van der Waals surface area contributed by atoms with Crippen LogP contribution in [0, 0.1) is 0 Å². The van der Waals surface area contributed by atoms with Gasteiger partial charge in [0.1, 0.15) is 0 Å². The third-order valence-electron chi connectivity index (χ3n) is 5.79. The summed E-state index contributed by atoms with van der Waals surface area (Å²) in [7, 11) is -3.24. The first-order valence-corrected chi connectivity index (χ1v) is 12.2. The van der Waals surface area contributed by atoms with Crippen molar-refractivity contribution in [3.8, 4) is 22.8 Å². The standard InChI is InChI=1S/C22H25N7O3S/c1-15(2)33(30,31)28-10-8-27(9-11-28)17-6-3-5-16(13-17)18-14-20-25-21(19-7-4-12-32-19)26-29(20)22(23)24-18/h3-7,12-15H,8-11H2,1-2H3,(H2,23,24). The number of fused-ring (bicyclic) bond motifs is 1. The second-order valence-corrected chi connectivity index (χ2v) is 10.7. The predicted molar refractivity (Wildman–Crippen MR) is 126 cm³/mol. The van der Waals surface area contributed by atoms with Crippen molar-refractivity contribution in [1.29, 1.82) is 0 Å². The predicted octanol–water partition coefficient (Wildman–Crippen LogP) is 2.49.